The minimum absolute atomic E-state index is 0.617. The fraction of sp³-hybridized carbons (Fsp3) is 0.600. The van der Waals surface area contributed by atoms with Gasteiger partial charge in [0.2, 0.25) is 5.95 Å². The first-order valence-electron chi connectivity index (χ1n) is 5.21. The number of nitrogens with zero attached hydrogens (tertiary/aromatic N) is 2. The van der Waals surface area contributed by atoms with Crippen molar-refractivity contribution in [2.45, 2.75) is 18.9 Å². The Kier molecular flexibility index (Phi) is 3.34. The van der Waals surface area contributed by atoms with Crippen molar-refractivity contribution in [3.05, 3.63) is 12.3 Å². The van der Waals surface area contributed by atoms with Crippen LogP contribution in [0.15, 0.2) is 12.3 Å². The summed E-state index contributed by atoms with van der Waals surface area (Å²) >= 11 is 0. The van der Waals surface area contributed by atoms with Gasteiger partial charge in [-0.1, -0.05) is 0 Å². The minimum Gasteiger partial charge on any atom is -0.383 e. The highest BCUT2D eigenvalue weighted by Crippen LogP contribution is 2.23. The molecule has 0 saturated heterocycles. The monoisotopic (exact) mass is 208 g/mol. The van der Waals surface area contributed by atoms with Gasteiger partial charge >= 0.3 is 0 Å². The fourth-order valence-electron chi connectivity index (χ4n) is 1.23. The van der Waals surface area contributed by atoms with Gasteiger partial charge in [-0.15, -0.1) is 0 Å². The van der Waals surface area contributed by atoms with E-state index in [1.807, 2.05) is 6.07 Å². The van der Waals surface area contributed by atoms with Crippen LogP contribution in [0.25, 0.3) is 0 Å². The second-order valence-corrected chi connectivity index (χ2v) is 3.60. The molecule has 1 aromatic heterocycles. The minimum atomic E-state index is 0.617. The molecular weight excluding hydrogens is 192 g/mol. The number of hydrogen-bond acceptors (Lipinski definition) is 5. The lowest BCUT2D eigenvalue weighted by molar-refractivity contribution is 0.210. The molecule has 1 fully saturated rings. The molecule has 2 N–H and O–H groups in total. The normalized spacial score (nSPS) is 15.0. The maximum atomic E-state index is 4.93. The van der Waals surface area contributed by atoms with Crippen molar-refractivity contribution in [3.63, 3.8) is 0 Å². The summed E-state index contributed by atoms with van der Waals surface area (Å²) in [5.41, 5.74) is 0. The Morgan fingerprint density at radius 3 is 3.13 bits per heavy atom. The van der Waals surface area contributed by atoms with E-state index in [4.69, 9.17) is 4.74 Å². The van der Waals surface area contributed by atoms with Crippen LogP contribution >= 0.6 is 0 Å². The SMILES string of the molecule is COCCNc1nccc(NC2CC2)n1. The van der Waals surface area contributed by atoms with E-state index >= 15 is 0 Å². The molecule has 1 saturated carbocycles. The lowest BCUT2D eigenvalue weighted by Gasteiger charge is -2.06. The maximum Gasteiger partial charge on any atom is 0.224 e. The molecule has 1 aliphatic rings. The van der Waals surface area contributed by atoms with Crippen molar-refractivity contribution < 1.29 is 4.74 Å². The van der Waals surface area contributed by atoms with E-state index < -0.39 is 0 Å². The molecule has 0 unspecified atom stereocenters. The number of hydrogen-bond donors (Lipinski definition) is 2. The summed E-state index contributed by atoms with van der Waals surface area (Å²) in [7, 11) is 1.67. The molecule has 5 heteroatoms. The molecule has 0 bridgehead atoms. The average molecular weight is 208 g/mol. The summed E-state index contributed by atoms with van der Waals surface area (Å²) in [5.74, 6) is 1.55. The molecule has 0 amide bonds. The van der Waals surface area contributed by atoms with E-state index in [-0.39, 0.29) is 0 Å². The molecule has 1 heterocycles. The molecule has 1 aliphatic carbocycles. The molecule has 82 valence electrons. The second kappa shape index (κ2) is 4.93. The lowest BCUT2D eigenvalue weighted by atomic mass is 10.5. The van der Waals surface area contributed by atoms with Gasteiger partial charge in [-0.2, -0.15) is 4.98 Å². The molecule has 2 rings (SSSR count). The smallest absolute Gasteiger partial charge is 0.224 e. The van der Waals surface area contributed by atoms with Gasteiger partial charge in [0.25, 0.3) is 0 Å². The number of methoxy groups -OCH3 is 1. The van der Waals surface area contributed by atoms with Crippen LogP contribution in [0.3, 0.4) is 0 Å². The Morgan fingerprint density at radius 1 is 1.53 bits per heavy atom. The predicted octanol–water partition coefficient (Wildman–Crippen LogP) is 1.11. The average Bonchev–Trinajstić information content (AvgIpc) is 3.03. The summed E-state index contributed by atoms with van der Waals surface area (Å²) in [6.07, 6.45) is 4.25. The first kappa shape index (κ1) is 10.2. The van der Waals surface area contributed by atoms with Gasteiger partial charge in [0.15, 0.2) is 0 Å². The van der Waals surface area contributed by atoms with Gasteiger partial charge in [0.05, 0.1) is 6.61 Å². The van der Waals surface area contributed by atoms with Crippen LogP contribution in [0.2, 0.25) is 0 Å². The predicted molar refractivity (Wildman–Crippen MR) is 59.0 cm³/mol. The molecule has 1 aromatic rings. The Morgan fingerprint density at radius 2 is 2.40 bits per heavy atom. The zero-order chi connectivity index (χ0) is 10.5. The van der Waals surface area contributed by atoms with Gasteiger partial charge in [-0.05, 0) is 18.9 Å². The third-order valence-electron chi connectivity index (χ3n) is 2.17. The van der Waals surface area contributed by atoms with Crippen LogP contribution in [0, 0.1) is 0 Å². The molecule has 0 atom stereocenters. The highest BCUT2D eigenvalue weighted by molar-refractivity contribution is 5.41. The molecule has 5 nitrogen and oxygen atoms in total. The molecule has 0 aromatic carbocycles. The van der Waals surface area contributed by atoms with Gasteiger partial charge in [-0.25, -0.2) is 4.98 Å². The highest BCUT2D eigenvalue weighted by Gasteiger charge is 2.21. The third-order valence-corrected chi connectivity index (χ3v) is 2.17. The van der Waals surface area contributed by atoms with E-state index in [0.717, 1.165) is 12.4 Å². The summed E-state index contributed by atoms with van der Waals surface area (Å²) in [4.78, 5) is 8.46. The van der Waals surface area contributed by atoms with E-state index in [1.165, 1.54) is 12.8 Å². The largest absolute Gasteiger partial charge is 0.383 e. The number of rotatable bonds is 6. The van der Waals surface area contributed by atoms with Crippen LogP contribution < -0.4 is 10.6 Å². The number of aromatic nitrogens is 2. The summed E-state index contributed by atoms with van der Waals surface area (Å²) in [6.45, 7) is 1.38. The van der Waals surface area contributed by atoms with Crippen LogP contribution in [-0.2, 0) is 4.74 Å². The van der Waals surface area contributed by atoms with Crippen molar-refractivity contribution in [2.75, 3.05) is 30.9 Å². The molecule has 0 radical (unpaired) electrons. The molecule has 0 spiro atoms. The second-order valence-electron chi connectivity index (χ2n) is 3.60. The Bertz CT molecular complexity index is 314. The Balaban J connectivity index is 1.86. The quantitative estimate of drug-likeness (QED) is 0.686. The number of nitrogens with one attached hydrogen (secondary N) is 2. The zero-order valence-electron chi connectivity index (χ0n) is 8.86. The topological polar surface area (TPSA) is 59.1 Å². The molecule has 15 heavy (non-hydrogen) atoms. The van der Waals surface area contributed by atoms with Crippen LogP contribution in [0.5, 0.6) is 0 Å². The van der Waals surface area contributed by atoms with E-state index in [0.29, 0.717) is 18.6 Å². The fourth-order valence-corrected chi connectivity index (χ4v) is 1.23. The van der Waals surface area contributed by atoms with Gasteiger partial charge < -0.3 is 15.4 Å². The molecule has 0 aliphatic heterocycles. The number of anilines is 2. The Labute approximate surface area is 89.3 Å². The van der Waals surface area contributed by atoms with Crippen LogP contribution in [-0.4, -0.2) is 36.3 Å². The van der Waals surface area contributed by atoms with E-state index in [9.17, 15) is 0 Å². The maximum absolute atomic E-state index is 4.93. The van der Waals surface area contributed by atoms with E-state index in [2.05, 4.69) is 20.6 Å². The van der Waals surface area contributed by atoms with Crippen molar-refractivity contribution in [1.29, 1.82) is 0 Å². The molecular formula is C10H16N4O. The van der Waals surface area contributed by atoms with Gasteiger partial charge in [0, 0.05) is 25.9 Å². The Hall–Kier alpha value is -1.36. The zero-order valence-corrected chi connectivity index (χ0v) is 8.86. The number of ether oxygens (including phenoxy) is 1. The first-order valence-corrected chi connectivity index (χ1v) is 5.21. The van der Waals surface area contributed by atoms with Crippen molar-refractivity contribution in [3.8, 4) is 0 Å². The highest BCUT2D eigenvalue weighted by atomic mass is 16.5. The van der Waals surface area contributed by atoms with Gasteiger partial charge in [0.1, 0.15) is 5.82 Å². The standard InChI is InChI=1S/C10H16N4O/c1-15-7-6-12-10-11-5-4-9(14-10)13-8-2-3-8/h4-5,8H,2-3,6-7H2,1H3,(H2,11,12,13,14). The summed E-state index contributed by atoms with van der Waals surface area (Å²) < 4.78 is 4.93. The lowest BCUT2D eigenvalue weighted by Crippen LogP contribution is -2.11. The van der Waals surface area contributed by atoms with Crippen molar-refractivity contribution in [1.82, 2.24) is 9.97 Å². The van der Waals surface area contributed by atoms with Crippen LogP contribution in [0.1, 0.15) is 12.8 Å². The third kappa shape index (κ3) is 3.36. The first-order chi connectivity index (χ1) is 7.38. The van der Waals surface area contributed by atoms with Crippen LogP contribution in [0.4, 0.5) is 11.8 Å². The van der Waals surface area contributed by atoms with Gasteiger partial charge in [-0.3, -0.25) is 0 Å². The summed E-state index contributed by atoms with van der Waals surface area (Å²) in [6, 6.07) is 2.51. The van der Waals surface area contributed by atoms with Crippen molar-refractivity contribution >= 4 is 11.8 Å². The summed E-state index contributed by atoms with van der Waals surface area (Å²) in [5, 5.41) is 6.42. The van der Waals surface area contributed by atoms with E-state index in [1.54, 1.807) is 13.3 Å². The van der Waals surface area contributed by atoms with Crippen molar-refractivity contribution in [2.24, 2.45) is 0 Å².